The van der Waals surface area contributed by atoms with E-state index in [1.54, 1.807) is 0 Å². The maximum absolute atomic E-state index is 10.1. The molecule has 2 aromatic carbocycles. The summed E-state index contributed by atoms with van der Waals surface area (Å²) in [7, 11) is 0. The van der Waals surface area contributed by atoms with Gasteiger partial charge in [0, 0.05) is 13.1 Å². The van der Waals surface area contributed by atoms with Gasteiger partial charge in [0.25, 0.3) is 0 Å². The minimum absolute atomic E-state index is 0.379. The first-order valence-corrected chi connectivity index (χ1v) is 11.7. The van der Waals surface area contributed by atoms with E-state index in [2.05, 4.69) is 26.3 Å². The number of allylic oxidation sites excluding steroid dienone is 1. The molecular weight excluding hydrogens is 456 g/mol. The van der Waals surface area contributed by atoms with Crippen molar-refractivity contribution in [1.82, 2.24) is 19.9 Å². The monoisotopic (exact) mass is 482 g/mol. The third-order valence-electron chi connectivity index (χ3n) is 6.07. The van der Waals surface area contributed by atoms with Gasteiger partial charge in [-0.15, -0.1) is 10.2 Å². The fourth-order valence-corrected chi connectivity index (χ4v) is 4.07. The Bertz CT molecular complexity index is 1370. The van der Waals surface area contributed by atoms with Crippen LogP contribution in [0.5, 0.6) is 5.75 Å². The first-order chi connectivity index (χ1) is 17.6. The molecule has 3 heterocycles. The zero-order valence-electron chi connectivity index (χ0n) is 20.2. The number of morpholine rings is 1. The maximum Gasteiger partial charge on any atom is 0.232 e. The number of hydrogen-bond donors (Lipinski definition) is 0. The molecule has 1 fully saturated rings. The number of aryl methyl sites for hydroxylation is 2. The van der Waals surface area contributed by atoms with Gasteiger partial charge >= 0.3 is 0 Å². The van der Waals surface area contributed by atoms with Crippen molar-refractivity contribution >= 4 is 17.6 Å². The van der Waals surface area contributed by atoms with Crippen LogP contribution in [0, 0.1) is 25.2 Å². The van der Waals surface area contributed by atoms with Crippen LogP contribution in [0.1, 0.15) is 28.4 Å². The molecule has 1 aliphatic rings. The Labute approximate surface area is 209 Å². The Morgan fingerprint density at radius 1 is 1.06 bits per heavy atom. The van der Waals surface area contributed by atoms with Gasteiger partial charge < -0.3 is 18.9 Å². The Morgan fingerprint density at radius 2 is 1.81 bits per heavy atom. The average Bonchev–Trinajstić information content (AvgIpc) is 3.51. The van der Waals surface area contributed by atoms with Gasteiger partial charge in [0.15, 0.2) is 5.82 Å². The third kappa shape index (κ3) is 4.85. The summed E-state index contributed by atoms with van der Waals surface area (Å²) in [5.74, 6) is 2.66. The second-order valence-corrected chi connectivity index (χ2v) is 8.42. The second-order valence-electron chi connectivity index (χ2n) is 8.42. The Hall–Kier alpha value is -4.42. The number of anilines is 1. The molecule has 5 rings (SSSR count). The lowest BCUT2D eigenvalue weighted by molar-refractivity contribution is 0.122. The summed E-state index contributed by atoms with van der Waals surface area (Å²) in [6.45, 7) is 6.83. The number of para-hydroxylation sites is 1. The molecule has 0 spiro atoms. The van der Waals surface area contributed by atoms with Crippen LogP contribution in [0.2, 0.25) is 0 Å². The van der Waals surface area contributed by atoms with Crippen molar-refractivity contribution in [1.29, 1.82) is 5.26 Å². The van der Waals surface area contributed by atoms with Gasteiger partial charge in [0.05, 0.1) is 35.7 Å². The first kappa shape index (κ1) is 23.3. The van der Waals surface area contributed by atoms with Crippen LogP contribution in [0.25, 0.3) is 17.3 Å². The summed E-state index contributed by atoms with van der Waals surface area (Å²) < 4.78 is 18.5. The van der Waals surface area contributed by atoms with E-state index in [1.165, 1.54) is 0 Å². The second kappa shape index (κ2) is 10.5. The highest BCUT2D eigenvalue weighted by Gasteiger charge is 2.23. The van der Waals surface area contributed by atoms with Crippen molar-refractivity contribution in [2.75, 3.05) is 31.2 Å². The quantitative estimate of drug-likeness (QED) is 0.358. The van der Waals surface area contributed by atoms with Crippen LogP contribution in [0.4, 0.5) is 5.95 Å². The zero-order chi connectivity index (χ0) is 24.9. The minimum Gasteiger partial charge on any atom is -0.489 e. The van der Waals surface area contributed by atoms with Gasteiger partial charge in [-0.05, 0) is 49.8 Å². The molecular formula is C27H26N6O3. The van der Waals surface area contributed by atoms with Crippen LogP contribution >= 0.6 is 0 Å². The molecule has 0 unspecified atom stereocenters. The summed E-state index contributed by atoms with van der Waals surface area (Å²) in [6, 6.07) is 19.7. The van der Waals surface area contributed by atoms with Gasteiger partial charge in [-0.2, -0.15) is 5.26 Å². The summed E-state index contributed by atoms with van der Waals surface area (Å²) in [5.41, 5.74) is 3.93. The molecule has 1 aliphatic heterocycles. The lowest BCUT2D eigenvalue weighted by atomic mass is 10.1. The highest BCUT2D eigenvalue weighted by molar-refractivity contribution is 5.88. The lowest BCUT2D eigenvalue weighted by Gasteiger charge is -2.28. The van der Waals surface area contributed by atoms with Crippen molar-refractivity contribution in [2.45, 2.75) is 20.5 Å². The van der Waals surface area contributed by atoms with E-state index in [1.807, 2.05) is 79.1 Å². The smallest absolute Gasteiger partial charge is 0.232 e. The number of rotatable bonds is 7. The van der Waals surface area contributed by atoms with Crippen LogP contribution < -0.4 is 9.64 Å². The molecule has 4 aromatic rings. The largest absolute Gasteiger partial charge is 0.489 e. The minimum atomic E-state index is 0.379. The molecule has 1 saturated heterocycles. The van der Waals surface area contributed by atoms with E-state index in [9.17, 15) is 5.26 Å². The maximum atomic E-state index is 10.1. The Balaban J connectivity index is 1.42. The number of aromatic nitrogens is 4. The number of nitriles is 1. The van der Waals surface area contributed by atoms with E-state index in [0.29, 0.717) is 56.0 Å². The summed E-state index contributed by atoms with van der Waals surface area (Å²) in [4.78, 5) is 2.13. The Morgan fingerprint density at radius 3 is 2.47 bits per heavy atom. The number of ether oxygens (including phenoxy) is 2. The van der Waals surface area contributed by atoms with Crippen molar-refractivity contribution in [3.05, 3.63) is 83.0 Å². The van der Waals surface area contributed by atoms with Crippen molar-refractivity contribution in [3.63, 3.8) is 0 Å². The molecule has 0 N–H and O–H groups in total. The molecule has 9 nitrogen and oxygen atoms in total. The molecule has 2 aromatic heterocycles. The summed E-state index contributed by atoms with van der Waals surface area (Å²) in [5, 5.41) is 22.9. The topological polar surface area (TPSA) is 102 Å². The van der Waals surface area contributed by atoms with Crippen LogP contribution in [-0.2, 0) is 11.3 Å². The molecule has 36 heavy (non-hydrogen) atoms. The van der Waals surface area contributed by atoms with E-state index < -0.39 is 0 Å². The predicted molar refractivity (Wildman–Crippen MR) is 135 cm³/mol. The zero-order valence-corrected chi connectivity index (χ0v) is 20.2. The lowest BCUT2D eigenvalue weighted by Crippen LogP contribution is -2.38. The van der Waals surface area contributed by atoms with E-state index >= 15 is 0 Å². The SMILES string of the molecule is Cc1noc(C)c1COc1ccc(/C=C(\C#N)c2nnc(N3CCOCC3)n2-c2ccccc2)cc1. The van der Waals surface area contributed by atoms with E-state index in [4.69, 9.17) is 14.0 Å². The molecule has 182 valence electrons. The van der Waals surface area contributed by atoms with Gasteiger partial charge in [-0.25, -0.2) is 0 Å². The predicted octanol–water partition coefficient (Wildman–Crippen LogP) is 4.35. The fourth-order valence-electron chi connectivity index (χ4n) is 4.07. The number of nitrogens with zero attached hydrogens (tertiary/aromatic N) is 6. The standard InChI is InChI=1S/C27H26N6O3/c1-19-25(20(2)36-31-19)18-35-24-10-8-21(9-11-24)16-22(17-28)26-29-30-27(32-12-14-34-15-13-32)33(26)23-6-4-3-5-7-23/h3-11,16H,12-15,18H2,1-2H3/b22-16+. The molecule has 0 radical (unpaired) electrons. The molecule has 9 heteroatoms. The van der Waals surface area contributed by atoms with Crippen LogP contribution in [-0.4, -0.2) is 46.2 Å². The highest BCUT2D eigenvalue weighted by Crippen LogP contribution is 2.27. The third-order valence-corrected chi connectivity index (χ3v) is 6.07. The molecule has 0 bridgehead atoms. The first-order valence-electron chi connectivity index (χ1n) is 11.7. The normalized spacial score (nSPS) is 14.0. The average molecular weight is 483 g/mol. The fraction of sp³-hybridized carbons (Fsp3) is 0.259. The van der Waals surface area contributed by atoms with E-state index in [0.717, 1.165) is 28.3 Å². The van der Waals surface area contributed by atoms with Crippen LogP contribution in [0.15, 0.2) is 59.1 Å². The number of hydrogen-bond acceptors (Lipinski definition) is 8. The summed E-state index contributed by atoms with van der Waals surface area (Å²) in [6.07, 6.45) is 1.81. The Kier molecular flexibility index (Phi) is 6.78. The van der Waals surface area contributed by atoms with Crippen molar-refractivity contribution < 1.29 is 14.0 Å². The summed E-state index contributed by atoms with van der Waals surface area (Å²) >= 11 is 0. The van der Waals surface area contributed by atoms with Gasteiger partial charge in [0.2, 0.25) is 5.95 Å². The highest BCUT2D eigenvalue weighted by atomic mass is 16.5. The molecule has 0 amide bonds. The van der Waals surface area contributed by atoms with E-state index in [-0.39, 0.29) is 0 Å². The van der Waals surface area contributed by atoms with Gasteiger partial charge in [0.1, 0.15) is 24.2 Å². The molecule has 0 atom stereocenters. The van der Waals surface area contributed by atoms with Crippen molar-refractivity contribution in [3.8, 4) is 17.5 Å². The van der Waals surface area contributed by atoms with Gasteiger partial charge in [-0.3, -0.25) is 4.57 Å². The van der Waals surface area contributed by atoms with Crippen molar-refractivity contribution in [2.24, 2.45) is 0 Å². The van der Waals surface area contributed by atoms with Gasteiger partial charge in [-0.1, -0.05) is 35.5 Å². The molecule has 0 saturated carbocycles. The van der Waals surface area contributed by atoms with Crippen LogP contribution in [0.3, 0.4) is 0 Å². The number of benzene rings is 2. The molecule has 0 aliphatic carbocycles.